The zero-order valence-corrected chi connectivity index (χ0v) is 12.2. The molecule has 1 heterocycles. The number of rotatable bonds is 6. The summed E-state index contributed by atoms with van der Waals surface area (Å²) in [6, 6.07) is 12.2. The zero-order valence-electron chi connectivity index (χ0n) is 10.5. The highest BCUT2D eigenvalue weighted by Crippen LogP contribution is 2.29. The standard InChI is InChI=1S/C13H14N4S2/c1-2-16-13(8-14,11-6-4-3-5-7-11)9-18-12-15-10-17-19-12/h3-7,10,16H,2,9H2,1H3. The van der Waals surface area contributed by atoms with E-state index in [0.29, 0.717) is 5.75 Å². The maximum absolute atomic E-state index is 9.63. The van der Waals surface area contributed by atoms with Gasteiger partial charge in [0.15, 0.2) is 4.34 Å². The second-order valence-electron chi connectivity index (χ2n) is 3.91. The molecule has 0 aliphatic heterocycles. The molecule has 1 N–H and O–H groups in total. The third-order valence-electron chi connectivity index (χ3n) is 2.69. The molecule has 0 spiro atoms. The van der Waals surface area contributed by atoms with Crippen LogP contribution in [0.5, 0.6) is 0 Å². The molecule has 0 saturated carbocycles. The Hall–Kier alpha value is -1.42. The van der Waals surface area contributed by atoms with Crippen LogP contribution < -0.4 is 5.32 Å². The van der Waals surface area contributed by atoms with Crippen molar-refractivity contribution in [2.24, 2.45) is 0 Å². The van der Waals surface area contributed by atoms with E-state index in [1.165, 1.54) is 17.9 Å². The van der Waals surface area contributed by atoms with Gasteiger partial charge >= 0.3 is 0 Å². The second kappa shape index (κ2) is 6.66. The molecule has 0 fully saturated rings. The van der Waals surface area contributed by atoms with Gasteiger partial charge < -0.3 is 0 Å². The fraction of sp³-hybridized carbons (Fsp3) is 0.308. The van der Waals surface area contributed by atoms with Crippen LogP contribution in [0.25, 0.3) is 0 Å². The molecular weight excluding hydrogens is 276 g/mol. The maximum atomic E-state index is 9.63. The van der Waals surface area contributed by atoms with Crippen molar-refractivity contribution in [1.82, 2.24) is 14.7 Å². The summed E-state index contributed by atoms with van der Waals surface area (Å²) in [5.41, 5.74) is 0.295. The van der Waals surface area contributed by atoms with E-state index in [1.54, 1.807) is 11.8 Å². The predicted molar refractivity (Wildman–Crippen MR) is 78.0 cm³/mol. The van der Waals surface area contributed by atoms with E-state index < -0.39 is 5.54 Å². The van der Waals surface area contributed by atoms with E-state index in [1.807, 2.05) is 37.3 Å². The molecule has 1 aromatic heterocycles. The average Bonchev–Trinajstić information content (AvgIpc) is 2.98. The van der Waals surface area contributed by atoms with Crippen molar-refractivity contribution < 1.29 is 0 Å². The smallest absolute Gasteiger partial charge is 0.169 e. The molecule has 2 rings (SSSR count). The number of nitriles is 1. The number of aromatic nitrogens is 2. The molecule has 0 aliphatic rings. The minimum atomic E-state index is -0.688. The van der Waals surface area contributed by atoms with Crippen LogP contribution in [0, 0.1) is 11.3 Å². The highest BCUT2D eigenvalue weighted by molar-refractivity contribution is 8.01. The summed E-state index contributed by atoms with van der Waals surface area (Å²) < 4.78 is 4.86. The highest BCUT2D eigenvalue weighted by Gasteiger charge is 2.31. The number of hydrogen-bond acceptors (Lipinski definition) is 6. The van der Waals surface area contributed by atoms with Crippen molar-refractivity contribution in [3.05, 3.63) is 42.2 Å². The Morgan fingerprint density at radius 3 is 2.79 bits per heavy atom. The van der Waals surface area contributed by atoms with Gasteiger partial charge in [-0.05, 0) is 23.6 Å². The molecule has 1 unspecified atom stereocenters. The monoisotopic (exact) mass is 290 g/mol. The quantitative estimate of drug-likeness (QED) is 0.829. The second-order valence-corrected chi connectivity index (χ2v) is 5.91. The Bertz CT molecular complexity index is 536. The SMILES string of the molecule is CCNC(C#N)(CSc1ncns1)c1ccccc1. The Labute approximate surface area is 121 Å². The first kappa shape index (κ1) is 14.0. The summed E-state index contributed by atoms with van der Waals surface area (Å²) >= 11 is 2.91. The average molecular weight is 290 g/mol. The first-order chi connectivity index (χ1) is 9.30. The molecule has 0 saturated heterocycles. The zero-order chi connectivity index (χ0) is 13.6. The fourth-order valence-electron chi connectivity index (χ4n) is 1.79. The van der Waals surface area contributed by atoms with Crippen LogP contribution in [0.3, 0.4) is 0 Å². The van der Waals surface area contributed by atoms with Crippen LogP contribution in [0.15, 0.2) is 41.0 Å². The van der Waals surface area contributed by atoms with Crippen LogP contribution in [-0.4, -0.2) is 21.7 Å². The van der Waals surface area contributed by atoms with Gasteiger partial charge in [0, 0.05) is 5.75 Å². The first-order valence-electron chi connectivity index (χ1n) is 5.92. The molecule has 0 radical (unpaired) electrons. The lowest BCUT2D eigenvalue weighted by atomic mass is 9.93. The summed E-state index contributed by atoms with van der Waals surface area (Å²) in [5.74, 6) is 0.608. The maximum Gasteiger partial charge on any atom is 0.169 e. The van der Waals surface area contributed by atoms with Crippen LogP contribution in [0.4, 0.5) is 0 Å². The van der Waals surface area contributed by atoms with Crippen molar-refractivity contribution in [2.75, 3.05) is 12.3 Å². The van der Waals surface area contributed by atoms with Crippen LogP contribution in [0.2, 0.25) is 0 Å². The molecule has 2 aromatic rings. The Morgan fingerprint density at radius 2 is 2.21 bits per heavy atom. The molecule has 0 aliphatic carbocycles. The van der Waals surface area contributed by atoms with Gasteiger partial charge in [-0.1, -0.05) is 49.0 Å². The topological polar surface area (TPSA) is 61.6 Å². The lowest BCUT2D eigenvalue weighted by Gasteiger charge is -2.27. The van der Waals surface area contributed by atoms with Crippen molar-refractivity contribution in [1.29, 1.82) is 5.26 Å². The van der Waals surface area contributed by atoms with E-state index in [2.05, 4.69) is 20.7 Å². The van der Waals surface area contributed by atoms with Gasteiger partial charge in [-0.2, -0.15) is 9.64 Å². The van der Waals surface area contributed by atoms with Gasteiger partial charge in [0.2, 0.25) is 0 Å². The Balaban J connectivity index is 2.22. The Kier molecular flexibility index (Phi) is 4.91. The summed E-state index contributed by atoms with van der Waals surface area (Å²) in [4.78, 5) is 4.14. The summed E-state index contributed by atoms with van der Waals surface area (Å²) in [6.45, 7) is 2.74. The predicted octanol–water partition coefficient (Wildman–Crippen LogP) is 2.66. The van der Waals surface area contributed by atoms with Crippen molar-refractivity contribution >= 4 is 23.3 Å². The van der Waals surface area contributed by atoms with Gasteiger partial charge in [-0.15, -0.1) is 0 Å². The number of thioether (sulfide) groups is 1. The van der Waals surface area contributed by atoms with Crippen molar-refractivity contribution in [2.45, 2.75) is 16.8 Å². The van der Waals surface area contributed by atoms with Crippen molar-refractivity contribution in [3.63, 3.8) is 0 Å². The van der Waals surface area contributed by atoms with E-state index in [9.17, 15) is 5.26 Å². The van der Waals surface area contributed by atoms with E-state index in [0.717, 1.165) is 16.4 Å². The summed E-state index contributed by atoms with van der Waals surface area (Å²) in [7, 11) is 0. The van der Waals surface area contributed by atoms with Crippen LogP contribution in [0.1, 0.15) is 12.5 Å². The summed E-state index contributed by atoms with van der Waals surface area (Å²) in [5, 5.41) is 12.9. The third-order valence-corrected chi connectivity index (χ3v) is 4.66. The molecule has 1 aromatic carbocycles. The Morgan fingerprint density at radius 1 is 1.42 bits per heavy atom. The molecule has 4 nitrogen and oxygen atoms in total. The van der Waals surface area contributed by atoms with Gasteiger partial charge in [0.25, 0.3) is 0 Å². The number of hydrogen-bond donors (Lipinski definition) is 1. The summed E-state index contributed by atoms with van der Waals surface area (Å²) in [6.07, 6.45) is 1.54. The molecule has 6 heteroatoms. The van der Waals surface area contributed by atoms with E-state index in [-0.39, 0.29) is 0 Å². The normalized spacial score (nSPS) is 13.7. The van der Waals surface area contributed by atoms with E-state index >= 15 is 0 Å². The number of benzene rings is 1. The number of nitrogens with one attached hydrogen (secondary N) is 1. The molecule has 0 amide bonds. The van der Waals surface area contributed by atoms with Gasteiger partial charge in [0.1, 0.15) is 11.9 Å². The molecular formula is C13H14N4S2. The largest absolute Gasteiger partial charge is 0.295 e. The van der Waals surface area contributed by atoms with Gasteiger partial charge in [-0.25, -0.2) is 4.98 Å². The van der Waals surface area contributed by atoms with Crippen LogP contribution in [-0.2, 0) is 5.54 Å². The van der Waals surface area contributed by atoms with Crippen LogP contribution >= 0.6 is 23.3 Å². The van der Waals surface area contributed by atoms with E-state index in [4.69, 9.17) is 0 Å². The third kappa shape index (κ3) is 3.32. The fourth-order valence-corrected chi connectivity index (χ4v) is 3.38. The lowest BCUT2D eigenvalue weighted by Crippen LogP contribution is -2.43. The minimum Gasteiger partial charge on any atom is -0.295 e. The highest BCUT2D eigenvalue weighted by atomic mass is 32.2. The molecule has 98 valence electrons. The molecule has 19 heavy (non-hydrogen) atoms. The lowest BCUT2D eigenvalue weighted by molar-refractivity contribution is 0.490. The van der Waals surface area contributed by atoms with Gasteiger partial charge in [-0.3, -0.25) is 5.32 Å². The van der Waals surface area contributed by atoms with Gasteiger partial charge in [0.05, 0.1) is 6.07 Å². The number of nitrogens with zero attached hydrogens (tertiary/aromatic N) is 3. The minimum absolute atomic E-state index is 0.608. The molecule has 1 atom stereocenters. The first-order valence-corrected chi connectivity index (χ1v) is 7.68. The molecule has 0 bridgehead atoms. The van der Waals surface area contributed by atoms with Crippen molar-refractivity contribution in [3.8, 4) is 6.07 Å².